The highest BCUT2D eigenvalue weighted by molar-refractivity contribution is 7.92. The molecule has 0 aliphatic carbocycles. The fourth-order valence-electron chi connectivity index (χ4n) is 1.57. The van der Waals surface area contributed by atoms with Gasteiger partial charge in [-0.15, -0.1) is 0 Å². The number of unbranched alkanes of at least 4 members (excludes halogenated alkanes) is 1. The van der Waals surface area contributed by atoms with Crippen molar-refractivity contribution in [2.45, 2.75) is 26.7 Å². The lowest BCUT2D eigenvalue weighted by Gasteiger charge is -2.22. The van der Waals surface area contributed by atoms with E-state index in [1.165, 1.54) is 4.31 Å². The maximum Gasteiger partial charge on any atom is 0.235 e. The first-order chi connectivity index (χ1) is 7.61. The van der Waals surface area contributed by atoms with E-state index in [2.05, 4.69) is 0 Å². The monoisotopic (exact) mass is 241 g/mol. The smallest absolute Gasteiger partial charge is 0.235 e. The molecule has 0 radical (unpaired) electrons. The minimum Gasteiger partial charge on any atom is -0.271 e. The molecule has 0 unspecified atom stereocenters. The largest absolute Gasteiger partial charge is 0.271 e. The molecule has 1 aromatic carbocycles. The van der Waals surface area contributed by atoms with Gasteiger partial charge in [0.15, 0.2) is 0 Å². The second-order valence-corrected chi connectivity index (χ2v) is 5.68. The van der Waals surface area contributed by atoms with Gasteiger partial charge in [-0.1, -0.05) is 31.5 Å². The van der Waals surface area contributed by atoms with Gasteiger partial charge in [0.2, 0.25) is 10.0 Å². The Morgan fingerprint density at radius 2 is 1.75 bits per heavy atom. The molecule has 1 aromatic rings. The van der Waals surface area contributed by atoms with Crippen molar-refractivity contribution in [3.63, 3.8) is 0 Å². The predicted octanol–water partition coefficient (Wildman–Crippen LogP) is 2.64. The van der Waals surface area contributed by atoms with Crippen LogP contribution in [-0.2, 0) is 10.0 Å². The number of nitrogens with zero attached hydrogens (tertiary/aromatic N) is 1. The Labute approximate surface area is 98.1 Å². The minimum absolute atomic E-state index is 0.228. The summed E-state index contributed by atoms with van der Waals surface area (Å²) >= 11 is 0. The van der Waals surface area contributed by atoms with Crippen LogP contribution >= 0.6 is 0 Å². The van der Waals surface area contributed by atoms with Crippen molar-refractivity contribution in [2.24, 2.45) is 0 Å². The summed E-state index contributed by atoms with van der Waals surface area (Å²) in [4.78, 5) is 0. The summed E-state index contributed by atoms with van der Waals surface area (Å²) in [6, 6.07) is 9.25. The van der Waals surface area contributed by atoms with Gasteiger partial charge in [-0.2, -0.15) is 0 Å². The molecule has 0 amide bonds. The molecule has 90 valence electrons. The van der Waals surface area contributed by atoms with Gasteiger partial charge in [-0.25, -0.2) is 8.42 Å². The number of hydrogen-bond donors (Lipinski definition) is 0. The third-order valence-corrected chi connectivity index (χ3v) is 4.37. The molecule has 0 aliphatic heterocycles. The maximum atomic E-state index is 12.0. The van der Waals surface area contributed by atoms with Crippen molar-refractivity contribution >= 4 is 15.7 Å². The summed E-state index contributed by atoms with van der Waals surface area (Å²) in [5, 5.41) is 0. The van der Waals surface area contributed by atoms with Crippen molar-refractivity contribution in [3.8, 4) is 0 Å². The van der Waals surface area contributed by atoms with E-state index in [-0.39, 0.29) is 5.75 Å². The molecule has 0 atom stereocenters. The Kier molecular flexibility index (Phi) is 4.80. The van der Waals surface area contributed by atoms with Crippen LogP contribution in [0.4, 0.5) is 5.69 Å². The number of anilines is 1. The lowest BCUT2D eigenvalue weighted by molar-refractivity contribution is 0.588. The fraction of sp³-hybridized carbons (Fsp3) is 0.500. The molecule has 0 heterocycles. The molecule has 0 spiro atoms. The van der Waals surface area contributed by atoms with E-state index < -0.39 is 10.0 Å². The fourth-order valence-corrected chi connectivity index (χ4v) is 3.28. The van der Waals surface area contributed by atoms with Crippen molar-refractivity contribution in [1.29, 1.82) is 0 Å². The zero-order chi connectivity index (χ0) is 12.0. The van der Waals surface area contributed by atoms with Crippen molar-refractivity contribution in [3.05, 3.63) is 30.3 Å². The van der Waals surface area contributed by atoms with Gasteiger partial charge < -0.3 is 0 Å². The highest BCUT2D eigenvalue weighted by Crippen LogP contribution is 2.17. The Morgan fingerprint density at radius 3 is 2.25 bits per heavy atom. The lowest BCUT2D eigenvalue weighted by atomic mass is 10.3. The lowest BCUT2D eigenvalue weighted by Crippen LogP contribution is -2.32. The minimum atomic E-state index is -3.15. The van der Waals surface area contributed by atoms with E-state index in [1.54, 1.807) is 0 Å². The Hall–Kier alpha value is -1.03. The standard InChI is InChI=1S/C12H19NO2S/c1-3-5-11-16(14,15)13(4-2)12-9-7-6-8-10-12/h6-10H,3-5,11H2,1-2H3. The molecule has 0 aliphatic rings. The second kappa shape index (κ2) is 5.89. The quantitative estimate of drug-likeness (QED) is 0.768. The molecule has 0 saturated carbocycles. The topological polar surface area (TPSA) is 37.4 Å². The van der Waals surface area contributed by atoms with Crippen LogP contribution in [0.3, 0.4) is 0 Å². The average molecular weight is 241 g/mol. The molecule has 4 heteroatoms. The Bertz CT molecular complexity index is 400. The first-order valence-corrected chi connectivity index (χ1v) is 7.28. The van der Waals surface area contributed by atoms with E-state index in [4.69, 9.17) is 0 Å². The van der Waals surface area contributed by atoms with E-state index in [0.717, 1.165) is 12.1 Å². The third kappa shape index (κ3) is 3.23. The number of benzene rings is 1. The summed E-state index contributed by atoms with van der Waals surface area (Å²) < 4.78 is 25.6. The van der Waals surface area contributed by atoms with Crippen molar-refractivity contribution in [2.75, 3.05) is 16.6 Å². The normalized spacial score (nSPS) is 11.4. The highest BCUT2D eigenvalue weighted by Gasteiger charge is 2.19. The van der Waals surface area contributed by atoms with Crippen LogP contribution in [0.5, 0.6) is 0 Å². The Balaban J connectivity index is 2.90. The average Bonchev–Trinajstić information content (AvgIpc) is 2.28. The van der Waals surface area contributed by atoms with Gasteiger partial charge in [-0.05, 0) is 25.5 Å². The molecule has 0 N–H and O–H groups in total. The Morgan fingerprint density at radius 1 is 1.12 bits per heavy atom. The molecule has 1 rings (SSSR count). The zero-order valence-corrected chi connectivity index (χ0v) is 10.7. The molecule has 3 nitrogen and oxygen atoms in total. The summed E-state index contributed by atoms with van der Waals surface area (Å²) in [5.41, 5.74) is 0.751. The van der Waals surface area contributed by atoms with Gasteiger partial charge in [0.05, 0.1) is 11.4 Å². The summed E-state index contributed by atoms with van der Waals surface area (Å²) in [5.74, 6) is 0.228. The maximum absolute atomic E-state index is 12.0. The van der Waals surface area contributed by atoms with Gasteiger partial charge in [0, 0.05) is 6.54 Å². The zero-order valence-electron chi connectivity index (χ0n) is 9.89. The number of rotatable bonds is 6. The van der Waals surface area contributed by atoms with Crippen LogP contribution in [0.1, 0.15) is 26.7 Å². The molecule has 0 aromatic heterocycles. The van der Waals surface area contributed by atoms with E-state index in [9.17, 15) is 8.42 Å². The summed E-state index contributed by atoms with van der Waals surface area (Å²) in [7, 11) is -3.15. The van der Waals surface area contributed by atoms with Gasteiger partial charge in [0.1, 0.15) is 0 Å². The molecule has 0 fully saturated rings. The van der Waals surface area contributed by atoms with Gasteiger partial charge >= 0.3 is 0 Å². The van der Waals surface area contributed by atoms with Crippen LogP contribution < -0.4 is 4.31 Å². The molecule has 0 bridgehead atoms. The number of sulfonamides is 1. The highest BCUT2D eigenvalue weighted by atomic mass is 32.2. The van der Waals surface area contributed by atoms with E-state index in [0.29, 0.717) is 13.0 Å². The third-order valence-electron chi connectivity index (χ3n) is 2.42. The molecular formula is C12H19NO2S. The number of para-hydroxylation sites is 1. The second-order valence-electron chi connectivity index (χ2n) is 3.67. The molecule has 0 saturated heterocycles. The van der Waals surface area contributed by atoms with Crippen LogP contribution in [-0.4, -0.2) is 20.7 Å². The predicted molar refractivity (Wildman–Crippen MR) is 68.2 cm³/mol. The van der Waals surface area contributed by atoms with E-state index in [1.807, 2.05) is 44.2 Å². The SMILES string of the molecule is CCCCS(=O)(=O)N(CC)c1ccccc1. The number of hydrogen-bond acceptors (Lipinski definition) is 2. The first kappa shape index (κ1) is 13.0. The van der Waals surface area contributed by atoms with Gasteiger partial charge in [0.25, 0.3) is 0 Å². The van der Waals surface area contributed by atoms with Crippen LogP contribution in [0.25, 0.3) is 0 Å². The van der Waals surface area contributed by atoms with Crippen molar-refractivity contribution < 1.29 is 8.42 Å². The van der Waals surface area contributed by atoms with Crippen LogP contribution in [0.15, 0.2) is 30.3 Å². The first-order valence-electron chi connectivity index (χ1n) is 5.67. The molecule has 16 heavy (non-hydrogen) atoms. The summed E-state index contributed by atoms with van der Waals surface area (Å²) in [6.07, 6.45) is 1.61. The summed E-state index contributed by atoms with van der Waals surface area (Å²) in [6.45, 7) is 4.33. The van der Waals surface area contributed by atoms with Crippen LogP contribution in [0, 0.1) is 0 Å². The van der Waals surface area contributed by atoms with Gasteiger partial charge in [-0.3, -0.25) is 4.31 Å². The van der Waals surface area contributed by atoms with Crippen LogP contribution in [0.2, 0.25) is 0 Å². The van der Waals surface area contributed by atoms with Crippen molar-refractivity contribution in [1.82, 2.24) is 0 Å². The van der Waals surface area contributed by atoms with E-state index >= 15 is 0 Å². The molecular weight excluding hydrogens is 222 g/mol.